The van der Waals surface area contributed by atoms with E-state index in [0.717, 1.165) is 0 Å². The van der Waals surface area contributed by atoms with E-state index in [1.54, 1.807) is 14.0 Å². The molecule has 1 atom stereocenters. The van der Waals surface area contributed by atoms with E-state index >= 15 is 0 Å². The first kappa shape index (κ1) is 23.2. The molecule has 0 bridgehead atoms. The highest BCUT2D eigenvalue weighted by Crippen LogP contribution is 2.19. The number of likely N-dealkylation sites (tertiary alicyclic amines) is 1. The highest BCUT2D eigenvalue weighted by molar-refractivity contribution is 14.0. The van der Waals surface area contributed by atoms with Gasteiger partial charge >= 0.3 is 12.1 Å². The van der Waals surface area contributed by atoms with Crippen molar-refractivity contribution < 1.29 is 22.7 Å². The van der Waals surface area contributed by atoms with Gasteiger partial charge in [-0.15, -0.1) is 24.0 Å². The van der Waals surface area contributed by atoms with Gasteiger partial charge in [-0.1, -0.05) is 0 Å². The minimum absolute atomic E-state index is 0. The first-order chi connectivity index (χ1) is 10.8. The van der Waals surface area contributed by atoms with Crippen molar-refractivity contribution in [1.29, 1.82) is 0 Å². The van der Waals surface area contributed by atoms with Crippen molar-refractivity contribution in [3.8, 4) is 0 Å². The standard InChI is InChI=1S/C14H25F3N4O2.HI/c1-3-23-12(22)5-4-7-19-13(18-2)20-11-6-8-21(9-11)10-14(15,16)17;/h11H,3-10H2,1-2H3,(H2,18,19,20);1H. The van der Waals surface area contributed by atoms with Crippen LogP contribution in [-0.4, -0.2) is 68.9 Å². The smallest absolute Gasteiger partial charge is 0.401 e. The first-order valence-corrected chi connectivity index (χ1v) is 7.76. The van der Waals surface area contributed by atoms with E-state index in [4.69, 9.17) is 4.74 Å². The number of esters is 1. The molecule has 0 amide bonds. The Bertz CT molecular complexity index is 408. The summed E-state index contributed by atoms with van der Waals surface area (Å²) in [5, 5.41) is 6.16. The van der Waals surface area contributed by atoms with Crippen molar-refractivity contribution >= 4 is 35.9 Å². The normalized spacial score (nSPS) is 18.9. The van der Waals surface area contributed by atoms with Gasteiger partial charge < -0.3 is 15.4 Å². The second-order valence-electron chi connectivity index (χ2n) is 5.39. The van der Waals surface area contributed by atoms with Gasteiger partial charge in [0.15, 0.2) is 5.96 Å². The van der Waals surface area contributed by atoms with Crippen LogP contribution in [0.3, 0.4) is 0 Å². The molecule has 1 heterocycles. The Kier molecular flexibility index (Phi) is 11.3. The van der Waals surface area contributed by atoms with Gasteiger partial charge in [0.2, 0.25) is 0 Å². The van der Waals surface area contributed by atoms with Crippen molar-refractivity contribution in [3.05, 3.63) is 0 Å². The fourth-order valence-electron chi connectivity index (χ4n) is 2.41. The molecule has 0 aromatic rings. The Morgan fingerprint density at radius 1 is 1.42 bits per heavy atom. The molecule has 1 aliphatic heterocycles. The lowest BCUT2D eigenvalue weighted by Crippen LogP contribution is -2.45. The van der Waals surface area contributed by atoms with Crippen molar-refractivity contribution in [2.45, 2.75) is 38.4 Å². The summed E-state index contributed by atoms with van der Waals surface area (Å²) in [4.78, 5) is 16.6. The van der Waals surface area contributed by atoms with Gasteiger partial charge in [0.25, 0.3) is 0 Å². The van der Waals surface area contributed by atoms with Gasteiger partial charge in [-0.25, -0.2) is 0 Å². The van der Waals surface area contributed by atoms with Crippen molar-refractivity contribution in [1.82, 2.24) is 15.5 Å². The van der Waals surface area contributed by atoms with Crippen LogP contribution in [0.1, 0.15) is 26.2 Å². The van der Waals surface area contributed by atoms with Crippen LogP contribution < -0.4 is 10.6 Å². The van der Waals surface area contributed by atoms with E-state index in [9.17, 15) is 18.0 Å². The maximum Gasteiger partial charge on any atom is 0.401 e. The van der Waals surface area contributed by atoms with E-state index in [0.29, 0.717) is 51.5 Å². The second-order valence-corrected chi connectivity index (χ2v) is 5.39. The Labute approximate surface area is 157 Å². The van der Waals surface area contributed by atoms with Gasteiger partial charge in [0, 0.05) is 39.1 Å². The zero-order valence-electron chi connectivity index (χ0n) is 14.0. The largest absolute Gasteiger partial charge is 0.466 e. The van der Waals surface area contributed by atoms with E-state index in [-0.39, 0.29) is 36.0 Å². The van der Waals surface area contributed by atoms with E-state index < -0.39 is 12.7 Å². The molecule has 2 N–H and O–H groups in total. The number of rotatable bonds is 7. The fourth-order valence-corrected chi connectivity index (χ4v) is 2.41. The number of alkyl halides is 3. The lowest BCUT2D eigenvalue weighted by atomic mass is 10.3. The molecule has 1 fully saturated rings. The van der Waals surface area contributed by atoms with E-state index in [1.165, 1.54) is 4.90 Å². The molecule has 0 aromatic heterocycles. The third-order valence-corrected chi connectivity index (χ3v) is 3.40. The average Bonchev–Trinajstić information content (AvgIpc) is 2.87. The molecule has 1 rings (SSSR count). The summed E-state index contributed by atoms with van der Waals surface area (Å²) < 4.78 is 41.9. The Morgan fingerprint density at radius 2 is 2.12 bits per heavy atom. The minimum Gasteiger partial charge on any atom is -0.466 e. The highest BCUT2D eigenvalue weighted by atomic mass is 127. The van der Waals surface area contributed by atoms with Gasteiger partial charge in [0.1, 0.15) is 0 Å². The predicted molar refractivity (Wildman–Crippen MR) is 96.7 cm³/mol. The first-order valence-electron chi connectivity index (χ1n) is 7.76. The number of ether oxygens (including phenoxy) is 1. The van der Waals surface area contributed by atoms with Crippen LogP contribution in [0.4, 0.5) is 13.2 Å². The van der Waals surface area contributed by atoms with Crippen LogP contribution in [0.25, 0.3) is 0 Å². The average molecular weight is 466 g/mol. The number of hydrogen-bond donors (Lipinski definition) is 2. The summed E-state index contributed by atoms with van der Waals surface area (Å²) in [5.74, 6) is 0.295. The van der Waals surface area contributed by atoms with Gasteiger partial charge in [-0.3, -0.25) is 14.7 Å². The van der Waals surface area contributed by atoms with Crippen LogP contribution in [0, 0.1) is 0 Å². The molecule has 1 aliphatic rings. The van der Waals surface area contributed by atoms with E-state index in [1.807, 2.05) is 0 Å². The molecule has 6 nitrogen and oxygen atoms in total. The summed E-state index contributed by atoms with van der Waals surface area (Å²) in [6.45, 7) is 2.53. The van der Waals surface area contributed by atoms with Gasteiger partial charge in [0.05, 0.1) is 13.2 Å². The monoisotopic (exact) mass is 466 g/mol. The second kappa shape index (κ2) is 11.7. The number of halogens is 4. The number of aliphatic imine (C=N–C) groups is 1. The predicted octanol–water partition coefficient (Wildman–Crippen LogP) is 1.75. The van der Waals surface area contributed by atoms with E-state index in [2.05, 4.69) is 15.6 Å². The molecule has 0 spiro atoms. The SMILES string of the molecule is CCOC(=O)CCCNC(=NC)NC1CCN(CC(F)(F)F)C1.I. The summed E-state index contributed by atoms with van der Waals surface area (Å²) in [6, 6.07) is -0.0615. The van der Waals surface area contributed by atoms with Crippen LogP contribution >= 0.6 is 24.0 Å². The minimum atomic E-state index is -4.16. The fraction of sp³-hybridized carbons (Fsp3) is 0.857. The number of carbonyl (C=O) groups is 1. The van der Waals surface area contributed by atoms with Crippen LogP contribution in [-0.2, 0) is 9.53 Å². The summed E-state index contributed by atoms with van der Waals surface area (Å²) in [6.07, 6.45) is -2.60. The van der Waals surface area contributed by atoms with Crippen LogP contribution in [0.5, 0.6) is 0 Å². The summed E-state index contributed by atoms with van der Waals surface area (Å²) in [7, 11) is 1.60. The maximum absolute atomic E-state index is 12.4. The third kappa shape index (κ3) is 10.2. The lowest BCUT2D eigenvalue weighted by molar-refractivity contribution is -0.144. The molecule has 24 heavy (non-hydrogen) atoms. The zero-order chi connectivity index (χ0) is 17.3. The number of nitrogens with zero attached hydrogens (tertiary/aromatic N) is 2. The van der Waals surface area contributed by atoms with Gasteiger partial charge in [-0.2, -0.15) is 13.2 Å². The maximum atomic E-state index is 12.4. The third-order valence-electron chi connectivity index (χ3n) is 3.40. The highest BCUT2D eigenvalue weighted by Gasteiger charge is 2.34. The molecule has 142 valence electrons. The Hall–Kier alpha value is -0.780. The number of nitrogens with one attached hydrogen (secondary N) is 2. The van der Waals surface area contributed by atoms with Crippen LogP contribution in [0.15, 0.2) is 4.99 Å². The molecule has 1 unspecified atom stereocenters. The number of hydrogen-bond acceptors (Lipinski definition) is 4. The molecule has 10 heteroatoms. The number of carbonyl (C=O) groups excluding carboxylic acids is 1. The molecule has 1 saturated heterocycles. The van der Waals surface area contributed by atoms with Crippen molar-refractivity contribution in [3.63, 3.8) is 0 Å². The molecular formula is C14H26F3IN4O2. The molecule has 0 aromatic carbocycles. The Balaban J connectivity index is 0.00000529. The summed E-state index contributed by atoms with van der Waals surface area (Å²) in [5.41, 5.74) is 0. The molecule has 0 radical (unpaired) electrons. The van der Waals surface area contributed by atoms with Crippen LogP contribution in [0.2, 0.25) is 0 Å². The Morgan fingerprint density at radius 3 is 2.71 bits per heavy atom. The van der Waals surface area contributed by atoms with Gasteiger partial charge in [-0.05, 0) is 19.8 Å². The zero-order valence-corrected chi connectivity index (χ0v) is 16.3. The molecule has 0 aliphatic carbocycles. The lowest BCUT2D eigenvalue weighted by Gasteiger charge is -2.19. The molecule has 0 saturated carbocycles. The number of guanidine groups is 1. The molecular weight excluding hydrogens is 440 g/mol. The summed E-state index contributed by atoms with van der Waals surface area (Å²) >= 11 is 0. The quantitative estimate of drug-likeness (QED) is 0.197. The topological polar surface area (TPSA) is 66.0 Å². The van der Waals surface area contributed by atoms with Crippen molar-refractivity contribution in [2.75, 3.05) is 39.8 Å². The van der Waals surface area contributed by atoms with Crippen molar-refractivity contribution in [2.24, 2.45) is 4.99 Å².